The predicted octanol–water partition coefficient (Wildman–Crippen LogP) is 18.4. The molecule has 0 amide bonds. The van der Waals surface area contributed by atoms with Gasteiger partial charge in [0.1, 0.15) is 0 Å². The molecule has 0 fully saturated rings. The minimum atomic E-state index is 0.0326. The molecule has 0 atom stereocenters. The number of benzene rings is 10. The quantitative estimate of drug-likeness (QED) is 0.117. The average molecular weight is 826 g/mol. The van der Waals surface area contributed by atoms with E-state index >= 15 is 0 Å². The molecule has 0 saturated heterocycles. The molecule has 0 bridgehead atoms. The van der Waals surface area contributed by atoms with E-state index in [2.05, 4.69) is 221 Å². The van der Waals surface area contributed by atoms with Crippen LogP contribution in [0.5, 0.6) is 0 Å². The summed E-state index contributed by atoms with van der Waals surface area (Å²) in [6.07, 6.45) is 7.22. The van der Waals surface area contributed by atoms with Gasteiger partial charge < -0.3 is 4.90 Å². The average Bonchev–Trinajstić information content (AvgIpc) is 3.63. The molecule has 1 heteroatoms. The summed E-state index contributed by atoms with van der Waals surface area (Å²) >= 11 is 0. The Morgan fingerprint density at radius 1 is 0.359 bits per heavy atom. The van der Waals surface area contributed by atoms with Gasteiger partial charge in [0.05, 0.1) is 11.4 Å². The number of nitrogens with zero attached hydrogens (tertiary/aromatic N) is 1. The van der Waals surface area contributed by atoms with Gasteiger partial charge in [-0.15, -0.1) is 0 Å². The van der Waals surface area contributed by atoms with Crippen LogP contribution in [0.3, 0.4) is 0 Å². The Morgan fingerprint density at radius 2 is 0.797 bits per heavy atom. The zero-order valence-electron chi connectivity index (χ0n) is 37.6. The zero-order valence-corrected chi connectivity index (χ0v) is 37.6. The first kappa shape index (κ1) is 39.9. The van der Waals surface area contributed by atoms with E-state index in [1.165, 1.54) is 149 Å². The fourth-order valence-corrected chi connectivity index (χ4v) is 11.5. The van der Waals surface area contributed by atoms with Crippen molar-refractivity contribution < 1.29 is 0 Å². The number of hydrogen-bond donors (Lipinski definition) is 0. The van der Waals surface area contributed by atoms with Crippen molar-refractivity contribution >= 4 is 60.2 Å². The molecule has 0 heterocycles. The SMILES string of the molecule is CCCCC1(CCCC)c2ccccc2-c2c(-c3c4ccccc4c(-c4ccc(N(c5ccc(C)c6ccccc56)c5ccc(C)c6ccccc56)cc4)c4ccccc34)cccc21. The van der Waals surface area contributed by atoms with Crippen LogP contribution in [0, 0.1) is 13.8 Å². The highest BCUT2D eigenvalue weighted by Gasteiger charge is 2.43. The van der Waals surface area contributed by atoms with Crippen LogP contribution < -0.4 is 4.90 Å². The molecule has 0 aliphatic heterocycles. The highest BCUT2D eigenvalue weighted by Crippen LogP contribution is 2.58. The summed E-state index contributed by atoms with van der Waals surface area (Å²) in [4.78, 5) is 2.47. The molecule has 312 valence electrons. The summed E-state index contributed by atoms with van der Waals surface area (Å²) in [6.45, 7) is 9.11. The molecule has 64 heavy (non-hydrogen) atoms. The summed E-state index contributed by atoms with van der Waals surface area (Å²) in [7, 11) is 0. The largest absolute Gasteiger partial charge is 0.309 e. The van der Waals surface area contributed by atoms with Gasteiger partial charge in [-0.2, -0.15) is 0 Å². The second-order valence-electron chi connectivity index (χ2n) is 18.2. The van der Waals surface area contributed by atoms with Gasteiger partial charge in [-0.05, 0) is 139 Å². The first-order valence-electron chi connectivity index (χ1n) is 23.6. The summed E-state index contributed by atoms with van der Waals surface area (Å²) in [5.41, 5.74) is 17.1. The van der Waals surface area contributed by atoms with Crippen LogP contribution in [0.15, 0.2) is 188 Å². The van der Waals surface area contributed by atoms with Crippen LogP contribution in [-0.4, -0.2) is 0 Å². The second kappa shape index (κ2) is 16.3. The standard InChI is InChI=1S/C63H55N/c1-5-7-40-63(41-8-6-2)56-30-18-17-28-54(56)62-55(29-19-31-57(62)63)61-52-26-15-13-24-50(52)60(51-25-14-16-27-53(51)61)44-34-36-45(37-35-44)64(58-38-32-42(3)46-20-9-11-22-48(46)58)59-39-33-43(4)47-21-10-12-23-49(47)59/h9-39H,5-8,40-41H2,1-4H3. The zero-order chi connectivity index (χ0) is 43.4. The Hall–Kier alpha value is -6.96. The monoisotopic (exact) mass is 825 g/mol. The fourth-order valence-electron chi connectivity index (χ4n) is 11.5. The van der Waals surface area contributed by atoms with Crippen molar-refractivity contribution in [1.29, 1.82) is 0 Å². The number of unbranched alkanes of at least 4 members (excludes halogenated alkanes) is 2. The lowest BCUT2D eigenvalue weighted by atomic mass is 9.70. The van der Waals surface area contributed by atoms with Gasteiger partial charge in [0.2, 0.25) is 0 Å². The van der Waals surface area contributed by atoms with Crippen LogP contribution in [-0.2, 0) is 5.41 Å². The third-order valence-electron chi connectivity index (χ3n) is 14.5. The van der Waals surface area contributed by atoms with Crippen molar-refractivity contribution in [3.8, 4) is 33.4 Å². The predicted molar refractivity (Wildman–Crippen MR) is 277 cm³/mol. The molecular formula is C63H55N. The van der Waals surface area contributed by atoms with Crippen LogP contribution in [0.2, 0.25) is 0 Å². The molecule has 10 aromatic rings. The number of rotatable bonds is 11. The maximum atomic E-state index is 2.47. The molecule has 1 aliphatic rings. The Bertz CT molecular complexity index is 3240. The van der Waals surface area contributed by atoms with E-state index < -0.39 is 0 Å². The number of hydrogen-bond acceptors (Lipinski definition) is 1. The molecular weight excluding hydrogens is 771 g/mol. The number of aryl methyl sites for hydroxylation is 2. The molecule has 1 aliphatic carbocycles. The summed E-state index contributed by atoms with van der Waals surface area (Å²) < 4.78 is 0. The maximum Gasteiger partial charge on any atom is 0.0540 e. The lowest BCUT2D eigenvalue weighted by molar-refractivity contribution is 0.414. The van der Waals surface area contributed by atoms with E-state index in [4.69, 9.17) is 0 Å². The third kappa shape index (κ3) is 6.28. The van der Waals surface area contributed by atoms with E-state index in [1.54, 1.807) is 0 Å². The minimum Gasteiger partial charge on any atom is -0.309 e. The Balaban J connectivity index is 1.12. The fraction of sp³-hybridized carbons (Fsp3) is 0.175. The smallest absolute Gasteiger partial charge is 0.0540 e. The molecule has 0 N–H and O–H groups in total. The number of anilines is 3. The van der Waals surface area contributed by atoms with E-state index in [0.29, 0.717) is 0 Å². The summed E-state index contributed by atoms with van der Waals surface area (Å²) in [6, 6.07) is 71.1. The third-order valence-corrected chi connectivity index (χ3v) is 14.5. The van der Waals surface area contributed by atoms with Crippen molar-refractivity contribution in [3.05, 3.63) is 210 Å². The molecule has 1 nitrogen and oxygen atoms in total. The molecule has 10 aromatic carbocycles. The van der Waals surface area contributed by atoms with Crippen LogP contribution >= 0.6 is 0 Å². The highest BCUT2D eigenvalue weighted by molar-refractivity contribution is 6.23. The van der Waals surface area contributed by atoms with Gasteiger partial charge in [-0.25, -0.2) is 0 Å². The Labute approximate surface area is 378 Å². The summed E-state index contributed by atoms with van der Waals surface area (Å²) in [5, 5.41) is 10.2. The first-order chi connectivity index (χ1) is 31.5. The molecule has 0 saturated carbocycles. The van der Waals surface area contributed by atoms with Gasteiger partial charge >= 0.3 is 0 Å². The first-order valence-corrected chi connectivity index (χ1v) is 23.6. The Morgan fingerprint density at radius 3 is 1.33 bits per heavy atom. The van der Waals surface area contributed by atoms with Crippen LogP contribution in [0.1, 0.15) is 74.6 Å². The second-order valence-corrected chi connectivity index (χ2v) is 18.2. The van der Waals surface area contributed by atoms with Gasteiger partial charge in [-0.1, -0.05) is 203 Å². The lowest BCUT2D eigenvalue weighted by Crippen LogP contribution is -2.25. The summed E-state index contributed by atoms with van der Waals surface area (Å²) in [5.74, 6) is 0. The lowest BCUT2D eigenvalue weighted by Gasteiger charge is -2.32. The van der Waals surface area contributed by atoms with Crippen molar-refractivity contribution in [3.63, 3.8) is 0 Å². The van der Waals surface area contributed by atoms with E-state index in [1.807, 2.05) is 0 Å². The van der Waals surface area contributed by atoms with Gasteiger partial charge in [0, 0.05) is 21.9 Å². The van der Waals surface area contributed by atoms with Gasteiger partial charge in [0.15, 0.2) is 0 Å². The number of fused-ring (bicyclic) bond motifs is 7. The molecule has 11 rings (SSSR count). The van der Waals surface area contributed by atoms with Crippen molar-refractivity contribution in [1.82, 2.24) is 0 Å². The van der Waals surface area contributed by atoms with Crippen LogP contribution in [0.25, 0.3) is 76.5 Å². The van der Waals surface area contributed by atoms with Gasteiger partial charge in [-0.3, -0.25) is 0 Å². The van der Waals surface area contributed by atoms with Gasteiger partial charge in [0.25, 0.3) is 0 Å². The molecule has 0 spiro atoms. The molecule has 0 radical (unpaired) electrons. The maximum absolute atomic E-state index is 2.47. The van der Waals surface area contributed by atoms with Crippen molar-refractivity contribution in [2.24, 2.45) is 0 Å². The van der Waals surface area contributed by atoms with E-state index in [9.17, 15) is 0 Å². The van der Waals surface area contributed by atoms with Crippen molar-refractivity contribution in [2.75, 3.05) is 4.90 Å². The Kier molecular flexibility index (Phi) is 10.2. The molecule has 0 unspecified atom stereocenters. The van der Waals surface area contributed by atoms with E-state index in [0.717, 1.165) is 5.69 Å². The van der Waals surface area contributed by atoms with E-state index in [-0.39, 0.29) is 5.41 Å². The minimum absolute atomic E-state index is 0.0326. The van der Waals surface area contributed by atoms with Crippen LogP contribution in [0.4, 0.5) is 17.1 Å². The normalized spacial score (nSPS) is 12.9. The van der Waals surface area contributed by atoms with Crippen molar-refractivity contribution in [2.45, 2.75) is 71.6 Å². The highest BCUT2D eigenvalue weighted by atomic mass is 15.1. The molecule has 0 aromatic heterocycles. The topological polar surface area (TPSA) is 3.24 Å².